The average Bonchev–Trinajstić information content (AvgIpc) is 2.67. The van der Waals surface area contributed by atoms with E-state index in [4.69, 9.17) is 4.74 Å². The maximum atomic E-state index is 14.1. The van der Waals surface area contributed by atoms with Gasteiger partial charge in [0.1, 0.15) is 5.69 Å². The molecule has 0 unspecified atom stereocenters. The van der Waals surface area contributed by atoms with Gasteiger partial charge in [0.2, 0.25) is 5.88 Å². The van der Waals surface area contributed by atoms with Gasteiger partial charge in [-0.15, -0.1) is 0 Å². The van der Waals surface area contributed by atoms with Crippen LogP contribution in [0.2, 0.25) is 0 Å². The van der Waals surface area contributed by atoms with Crippen molar-refractivity contribution >= 4 is 26.5 Å². The summed E-state index contributed by atoms with van der Waals surface area (Å²) in [5.74, 6) is -2.32. The molecule has 2 heterocycles. The number of nitrogens with zero attached hydrogens (tertiary/aromatic N) is 1. The van der Waals surface area contributed by atoms with Gasteiger partial charge in [-0.2, -0.15) is 4.98 Å². The van der Waals surface area contributed by atoms with E-state index in [0.29, 0.717) is 6.07 Å². The van der Waals surface area contributed by atoms with E-state index < -0.39 is 46.2 Å². The zero-order chi connectivity index (χ0) is 21.2. The minimum Gasteiger partial charge on any atom is -0.479 e. The first kappa shape index (κ1) is 20.5. The number of rotatable bonds is 7. The van der Waals surface area contributed by atoms with E-state index in [-0.39, 0.29) is 21.4 Å². The van der Waals surface area contributed by atoms with Crippen molar-refractivity contribution in [2.75, 3.05) is 18.4 Å². The third-order valence-corrected chi connectivity index (χ3v) is 5.18. The van der Waals surface area contributed by atoms with Gasteiger partial charge in [-0.1, -0.05) is 6.07 Å². The molecule has 2 aromatic heterocycles. The van der Waals surface area contributed by atoms with E-state index >= 15 is 0 Å². The highest BCUT2D eigenvalue weighted by molar-refractivity contribution is 7.93. The van der Waals surface area contributed by atoms with Crippen molar-refractivity contribution in [2.45, 2.75) is 11.3 Å². The number of methoxy groups -OCH3 is 1. The van der Waals surface area contributed by atoms with Crippen LogP contribution in [0.25, 0.3) is 10.8 Å². The number of fused-ring (bicyclic) bond motifs is 1. The van der Waals surface area contributed by atoms with Crippen LogP contribution in [0.15, 0.2) is 46.2 Å². The van der Waals surface area contributed by atoms with Crippen molar-refractivity contribution in [1.82, 2.24) is 9.97 Å². The minimum atomic E-state index is -4.29. The molecule has 154 valence electrons. The maximum absolute atomic E-state index is 14.1. The van der Waals surface area contributed by atoms with Gasteiger partial charge in [-0.25, -0.2) is 21.6 Å². The number of nitrogens with one attached hydrogen (secondary N) is 2. The summed E-state index contributed by atoms with van der Waals surface area (Å²) in [5.41, 5.74) is -0.860. The Morgan fingerprint density at radius 1 is 1.21 bits per heavy atom. The quantitative estimate of drug-likeness (QED) is 0.597. The van der Waals surface area contributed by atoms with Gasteiger partial charge in [-0.05, 0) is 18.2 Å². The topological polar surface area (TPSA) is 110 Å². The highest BCUT2D eigenvalue weighted by Gasteiger charge is 2.23. The molecule has 0 saturated heterocycles. The fraction of sp³-hybridized carbons (Fsp3) is 0.176. The van der Waals surface area contributed by atoms with Gasteiger partial charge >= 0.3 is 0 Å². The lowest BCUT2D eigenvalue weighted by Gasteiger charge is -2.14. The van der Waals surface area contributed by atoms with E-state index in [1.54, 1.807) is 0 Å². The Labute approximate surface area is 162 Å². The Bertz CT molecular complexity index is 1210. The zero-order valence-corrected chi connectivity index (χ0v) is 15.6. The van der Waals surface area contributed by atoms with Crippen molar-refractivity contribution in [2.24, 2.45) is 0 Å². The van der Waals surface area contributed by atoms with Crippen molar-refractivity contribution in [3.8, 4) is 11.8 Å². The average molecular weight is 429 g/mol. The van der Waals surface area contributed by atoms with Gasteiger partial charge in [0.25, 0.3) is 27.9 Å². The van der Waals surface area contributed by atoms with Crippen LogP contribution in [-0.4, -0.2) is 38.5 Å². The Kier molecular flexibility index (Phi) is 5.64. The van der Waals surface area contributed by atoms with Crippen LogP contribution in [0.3, 0.4) is 0 Å². The Morgan fingerprint density at radius 3 is 2.66 bits per heavy atom. The first-order chi connectivity index (χ1) is 13.7. The van der Waals surface area contributed by atoms with Crippen LogP contribution >= 0.6 is 0 Å². The number of alkyl halides is 2. The first-order valence-electron chi connectivity index (χ1n) is 8.01. The molecular weight excluding hydrogens is 415 g/mol. The molecule has 0 bridgehead atoms. The number of benzene rings is 1. The summed E-state index contributed by atoms with van der Waals surface area (Å²) < 4.78 is 75.9. The number of H-pyrrole nitrogens is 1. The lowest BCUT2D eigenvalue weighted by atomic mass is 10.2. The van der Waals surface area contributed by atoms with Crippen molar-refractivity contribution in [3.05, 3.63) is 52.7 Å². The highest BCUT2D eigenvalue weighted by Crippen LogP contribution is 2.31. The van der Waals surface area contributed by atoms with E-state index in [1.165, 1.54) is 30.5 Å². The number of aromatic amines is 1. The lowest BCUT2D eigenvalue weighted by Crippen LogP contribution is -2.16. The normalized spacial score (nSPS) is 11.6. The van der Waals surface area contributed by atoms with Gasteiger partial charge in [0.05, 0.1) is 12.0 Å². The van der Waals surface area contributed by atoms with Gasteiger partial charge in [-0.3, -0.25) is 9.52 Å². The molecule has 0 amide bonds. The van der Waals surface area contributed by atoms with Crippen LogP contribution in [0.4, 0.5) is 18.9 Å². The molecule has 0 aliphatic heterocycles. The number of halogens is 3. The molecule has 29 heavy (non-hydrogen) atoms. The summed E-state index contributed by atoms with van der Waals surface area (Å²) in [7, 11) is -3.16. The third-order valence-electron chi connectivity index (χ3n) is 3.76. The van der Waals surface area contributed by atoms with E-state index in [0.717, 1.165) is 7.11 Å². The zero-order valence-electron chi connectivity index (χ0n) is 14.8. The smallest absolute Gasteiger partial charge is 0.272 e. The number of hydrogen-bond acceptors (Lipinski definition) is 6. The predicted molar refractivity (Wildman–Crippen MR) is 97.6 cm³/mol. The van der Waals surface area contributed by atoms with Crippen molar-refractivity contribution in [1.29, 1.82) is 0 Å². The summed E-state index contributed by atoms with van der Waals surface area (Å²) in [5, 5.41) is 0.287. The van der Waals surface area contributed by atoms with Crippen molar-refractivity contribution in [3.63, 3.8) is 0 Å². The van der Waals surface area contributed by atoms with Crippen LogP contribution in [0.5, 0.6) is 11.8 Å². The maximum Gasteiger partial charge on any atom is 0.272 e. The lowest BCUT2D eigenvalue weighted by molar-refractivity contribution is 0.0770. The van der Waals surface area contributed by atoms with Crippen molar-refractivity contribution < 1.29 is 31.1 Å². The van der Waals surface area contributed by atoms with Gasteiger partial charge < -0.3 is 14.5 Å². The summed E-state index contributed by atoms with van der Waals surface area (Å²) in [4.78, 5) is 17.7. The number of ether oxygens (including phenoxy) is 2. The molecule has 3 aromatic rings. The molecule has 0 fully saturated rings. The molecule has 0 atom stereocenters. The number of anilines is 1. The summed E-state index contributed by atoms with van der Waals surface area (Å²) in [6, 6.07) is 6.19. The standard InChI is InChI=1S/C17H14F3N3O5S/c1-27-17-12(7-11(18)16(22-17)28-8-14(19)20)23-29(25,26)13-4-2-3-10-9(13)5-6-21-15(10)24/h2-7,14,23H,8H2,1H3,(H,21,24). The van der Waals surface area contributed by atoms with Crippen LogP contribution < -0.4 is 19.8 Å². The molecule has 2 N–H and O–H groups in total. The fourth-order valence-corrected chi connectivity index (χ4v) is 3.83. The predicted octanol–water partition coefficient (Wildman–Crippen LogP) is 2.52. The second-order valence-corrected chi connectivity index (χ2v) is 7.31. The molecule has 0 aliphatic rings. The van der Waals surface area contributed by atoms with E-state index in [1.807, 2.05) is 0 Å². The highest BCUT2D eigenvalue weighted by atomic mass is 32.2. The number of sulfonamides is 1. The molecule has 0 aliphatic carbocycles. The minimum absolute atomic E-state index is 0.141. The summed E-state index contributed by atoms with van der Waals surface area (Å²) >= 11 is 0. The first-order valence-corrected chi connectivity index (χ1v) is 9.50. The molecule has 0 radical (unpaired) electrons. The molecule has 3 rings (SSSR count). The third kappa shape index (κ3) is 4.26. The second-order valence-electron chi connectivity index (χ2n) is 5.66. The molecule has 1 aromatic carbocycles. The van der Waals surface area contributed by atoms with E-state index in [2.05, 4.69) is 19.4 Å². The summed E-state index contributed by atoms with van der Waals surface area (Å²) in [6.07, 6.45) is -1.56. The Morgan fingerprint density at radius 2 is 1.97 bits per heavy atom. The molecule has 8 nitrogen and oxygen atoms in total. The van der Waals surface area contributed by atoms with Crippen LogP contribution in [-0.2, 0) is 10.0 Å². The molecule has 0 spiro atoms. The van der Waals surface area contributed by atoms with Gasteiger partial charge in [0, 0.05) is 23.0 Å². The number of aromatic nitrogens is 2. The SMILES string of the molecule is COc1nc(OCC(F)F)c(F)cc1NS(=O)(=O)c1cccc2c(=O)[nH]ccc12. The number of pyridine rings is 2. The largest absolute Gasteiger partial charge is 0.479 e. The van der Waals surface area contributed by atoms with Crippen LogP contribution in [0, 0.1) is 5.82 Å². The molecule has 0 saturated carbocycles. The van der Waals surface area contributed by atoms with Crippen LogP contribution in [0.1, 0.15) is 0 Å². The number of hydrogen-bond donors (Lipinski definition) is 2. The monoisotopic (exact) mass is 429 g/mol. The summed E-state index contributed by atoms with van der Waals surface area (Å²) in [6.45, 7) is -1.09. The second kappa shape index (κ2) is 7.99. The van der Waals surface area contributed by atoms with Gasteiger partial charge in [0.15, 0.2) is 12.4 Å². The Balaban J connectivity index is 2.02. The fourth-order valence-electron chi connectivity index (χ4n) is 2.55. The van der Waals surface area contributed by atoms with E-state index in [9.17, 15) is 26.4 Å². The molecular formula is C17H14F3N3O5S. The molecule has 12 heteroatoms. The Hall–Kier alpha value is -3.28.